The fraction of sp³-hybridized carbons (Fsp3) is 0.360. The lowest BCUT2D eigenvalue weighted by Crippen LogP contribution is -2.46. The van der Waals surface area contributed by atoms with Gasteiger partial charge in [-0.3, -0.25) is 9.69 Å². The number of benzene rings is 1. The van der Waals surface area contributed by atoms with E-state index in [9.17, 15) is 9.59 Å². The molecule has 1 aliphatic heterocycles. The smallest absolute Gasteiger partial charge is 0.358 e. The van der Waals surface area contributed by atoms with Crippen molar-refractivity contribution in [2.24, 2.45) is 7.05 Å². The van der Waals surface area contributed by atoms with E-state index in [0.717, 1.165) is 55.2 Å². The highest BCUT2D eigenvalue weighted by Gasteiger charge is 2.22. The average Bonchev–Trinajstić information content (AvgIpc) is 3.24. The Morgan fingerprint density at radius 1 is 1.14 bits per heavy atom. The summed E-state index contributed by atoms with van der Waals surface area (Å²) in [6.45, 7) is 6.24. The van der Waals surface area contributed by atoms with Gasteiger partial charge in [0.05, 0.1) is 30.5 Å². The lowest BCUT2D eigenvalue weighted by Gasteiger charge is -2.36. The van der Waals surface area contributed by atoms with E-state index in [1.807, 2.05) is 38.2 Å². The third-order valence-corrected chi connectivity index (χ3v) is 6.32. The molecule has 0 unspecified atom stereocenters. The number of rotatable bonds is 6. The number of carbonyl (C=O) groups is 2. The van der Waals surface area contributed by atoms with Gasteiger partial charge in [0.1, 0.15) is 5.69 Å². The summed E-state index contributed by atoms with van der Waals surface area (Å²) in [7, 11) is 4.77. The number of aryl methyl sites for hydroxylation is 2. The number of esters is 1. The molecule has 0 aliphatic carbocycles. The average molecular weight is 478 g/mol. The van der Waals surface area contributed by atoms with E-state index in [-0.39, 0.29) is 11.6 Å². The van der Waals surface area contributed by atoms with Crippen LogP contribution in [0.1, 0.15) is 32.2 Å². The normalized spacial score (nSPS) is 14.1. The van der Waals surface area contributed by atoms with Crippen molar-refractivity contribution >= 4 is 23.3 Å². The molecule has 1 saturated heterocycles. The van der Waals surface area contributed by atoms with Crippen molar-refractivity contribution in [3.8, 4) is 11.3 Å². The number of amides is 1. The van der Waals surface area contributed by atoms with Crippen molar-refractivity contribution in [2.45, 2.75) is 13.5 Å². The molecule has 1 fully saturated rings. The molecular formula is C25H31N7O3. The topological polar surface area (TPSA) is 119 Å². The highest BCUT2D eigenvalue weighted by molar-refractivity contribution is 5.96. The Kier molecular flexibility index (Phi) is 7.02. The molecule has 4 rings (SSSR count). The molecule has 35 heavy (non-hydrogen) atoms. The van der Waals surface area contributed by atoms with Crippen LogP contribution < -0.4 is 16.0 Å². The Hall–Kier alpha value is -3.92. The van der Waals surface area contributed by atoms with E-state index in [4.69, 9.17) is 10.5 Å². The Bertz CT molecular complexity index is 1250. The molecule has 0 saturated carbocycles. The fourth-order valence-electron chi connectivity index (χ4n) is 4.47. The summed E-state index contributed by atoms with van der Waals surface area (Å²) in [5.41, 5.74) is 12.1. The third kappa shape index (κ3) is 4.97. The zero-order chi connectivity index (χ0) is 25.1. The quantitative estimate of drug-likeness (QED) is 0.408. The van der Waals surface area contributed by atoms with Gasteiger partial charge in [-0.15, -0.1) is 0 Å². The van der Waals surface area contributed by atoms with Gasteiger partial charge >= 0.3 is 5.97 Å². The van der Waals surface area contributed by atoms with Crippen LogP contribution in [0.15, 0.2) is 36.7 Å². The monoisotopic (exact) mass is 477 g/mol. The number of nitrogens with zero attached hydrogens (tertiary/aromatic N) is 5. The summed E-state index contributed by atoms with van der Waals surface area (Å²) in [4.78, 5) is 37.3. The van der Waals surface area contributed by atoms with Crippen LogP contribution in [0.3, 0.4) is 0 Å². The predicted octanol–water partition coefficient (Wildman–Crippen LogP) is 1.84. The zero-order valence-corrected chi connectivity index (χ0v) is 20.5. The minimum Gasteiger partial charge on any atom is -0.464 e. The number of carbonyl (C=O) groups excluding carboxylic acids is 2. The number of hydrogen-bond donors (Lipinski definition) is 2. The van der Waals surface area contributed by atoms with Crippen molar-refractivity contribution < 1.29 is 14.3 Å². The molecule has 10 heteroatoms. The summed E-state index contributed by atoms with van der Waals surface area (Å²) >= 11 is 0. The molecule has 3 N–H and O–H groups in total. The molecule has 184 valence electrons. The molecule has 10 nitrogen and oxygen atoms in total. The van der Waals surface area contributed by atoms with Gasteiger partial charge in [-0.05, 0) is 30.7 Å². The van der Waals surface area contributed by atoms with Crippen LogP contribution in [0.5, 0.6) is 0 Å². The van der Waals surface area contributed by atoms with E-state index >= 15 is 0 Å². The minimum atomic E-state index is -0.490. The Labute approximate surface area is 204 Å². The molecular weight excluding hydrogens is 446 g/mol. The van der Waals surface area contributed by atoms with E-state index in [0.29, 0.717) is 17.1 Å². The third-order valence-electron chi connectivity index (χ3n) is 6.32. The summed E-state index contributed by atoms with van der Waals surface area (Å²) in [5, 5.41) is 2.61. The SMILES string of the molecule is CNC(=O)c1ccc(N2CCN(Cc3ccc(-c4c(C(=O)OC)ncn4C)c(N)c3)CC2)c(C)n1. The standard InChI is InChI=1S/C25H31N7O3/c1-16-21(8-7-20(29-16)24(33)27-2)32-11-9-31(10-12-32)14-17-5-6-18(19(26)13-17)23-22(25(34)35-4)28-15-30(23)3/h5-8,13,15H,9-12,14,26H2,1-4H3,(H,27,33). The van der Waals surface area contributed by atoms with Crippen LogP contribution in [-0.2, 0) is 18.3 Å². The Balaban J connectivity index is 1.42. The van der Waals surface area contributed by atoms with Crippen molar-refractivity contribution in [1.82, 2.24) is 24.8 Å². The largest absolute Gasteiger partial charge is 0.464 e. The molecule has 0 radical (unpaired) electrons. The van der Waals surface area contributed by atoms with Crippen molar-refractivity contribution in [3.05, 3.63) is 59.3 Å². The first-order valence-electron chi connectivity index (χ1n) is 11.5. The number of methoxy groups -OCH3 is 1. The lowest BCUT2D eigenvalue weighted by atomic mass is 10.0. The molecule has 1 aliphatic rings. The van der Waals surface area contributed by atoms with Crippen LogP contribution in [0.25, 0.3) is 11.3 Å². The number of pyridine rings is 1. The Morgan fingerprint density at radius 2 is 1.89 bits per heavy atom. The van der Waals surface area contributed by atoms with Gasteiger partial charge in [0.2, 0.25) is 0 Å². The first-order chi connectivity index (χ1) is 16.8. The van der Waals surface area contributed by atoms with Gasteiger partial charge in [-0.2, -0.15) is 0 Å². The minimum absolute atomic E-state index is 0.181. The van der Waals surface area contributed by atoms with Gasteiger partial charge in [-0.1, -0.05) is 12.1 Å². The zero-order valence-electron chi connectivity index (χ0n) is 20.5. The highest BCUT2D eigenvalue weighted by Crippen LogP contribution is 2.30. The van der Waals surface area contributed by atoms with Crippen molar-refractivity contribution in [3.63, 3.8) is 0 Å². The van der Waals surface area contributed by atoms with Crippen LogP contribution >= 0.6 is 0 Å². The van der Waals surface area contributed by atoms with Gasteiger partial charge in [0, 0.05) is 58.1 Å². The van der Waals surface area contributed by atoms with Crippen LogP contribution in [-0.4, -0.2) is 71.6 Å². The van der Waals surface area contributed by atoms with Gasteiger partial charge < -0.3 is 25.3 Å². The number of nitrogens with one attached hydrogen (secondary N) is 1. The number of anilines is 2. The second-order valence-electron chi connectivity index (χ2n) is 8.61. The maximum atomic E-state index is 12.1. The van der Waals surface area contributed by atoms with Gasteiger partial charge in [-0.25, -0.2) is 14.8 Å². The maximum Gasteiger partial charge on any atom is 0.358 e. The molecule has 0 bridgehead atoms. The summed E-state index contributed by atoms with van der Waals surface area (Å²) in [6.07, 6.45) is 1.58. The number of hydrogen-bond acceptors (Lipinski definition) is 8. The first kappa shape index (κ1) is 24.2. The molecule has 0 spiro atoms. The Morgan fingerprint density at radius 3 is 2.51 bits per heavy atom. The van der Waals surface area contributed by atoms with Crippen LogP contribution in [0.4, 0.5) is 11.4 Å². The van der Waals surface area contributed by atoms with Gasteiger partial charge in [0.15, 0.2) is 5.69 Å². The first-order valence-corrected chi connectivity index (χ1v) is 11.5. The second kappa shape index (κ2) is 10.1. The van der Waals surface area contributed by atoms with E-state index in [2.05, 4.69) is 25.1 Å². The molecule has 3 aromatic rings. The summed E-state index contributed by atoms with van der Waals surface area (Å²) in [5.74, 6) is -0.671. The van der Waals surface area contributed by atoms with E-state index in [1.54, 1.807) is 24.0 Å². The predicted molar refractivity (Wildman–Crippen MR) is 134 cm³/mol. The van der Waals surface area contributed by atoms with Gasteiger partial charge in [0.25, 0.3) is 5.91 Å². The summed E-state index contributed by atoms with van der Waals surface area (Å²) in [6, 6.07) is 9.68. The summed E-state index contributed by atoms with van der Waals surface area (Å²) < 4.78 is 6.63. The number of piperazine rings is 1. The number of ether oxygens (including phenoxy) is 1. The molecule has 1 amide bonds. The molecule has 2 aromatic heterocycles. The van der Waals surface area contributed by atoms with Crippen LogP contribution in [0, 0.1) is 6.92 Å². The number of nitrogens with two attached hydrogens (primary N) is 1. The number of nitrogen functional groups attached to an aromatic ring is 1. The number of aromatic nitrogens is 3. The molecule has 1 aromatic carbocycles. The fourth-order valence-corrected chi connectivity index (χ4v) is 4.47. The van der Waals surface area contributed by atoms with Crippen molar-refractivity contribution in [1.29, 1.82) is 0 Å². The molecule has 3 heterocycles. The van der Waals surface area contributed by atoms with E-state index < -0.39 is 5.97 Å². The highest BCUT2D eigenvalue weighted by atomic mass is 16.5. The van der Waals surface area contributed by atoms with Crippen molar-refractivity contribution in [2.75, 3.05) is 51.0 Å². The second-order valence-corrected chi connectivity index (χ2v) is 8.61. The number of imidazole rings is 1. The maximum absolute atomic E-state index is 12.1. The van der Waals surface area contributed by atoms with E-state index in [1.165, 1.54) is 7.11 Å². The lowest BCUT2D eigenvalue weighted by molar-refractivity contribution is 0.0595. The van der Waals surface area contributed by atoms with Crippen LogP contribution in [0.2, 0.25) is 0 Å². The molecule has 0 atom stereocenters.